The molecule has 0 aliphatic heterocycles. The largest absolute Gasteiger partial charge is 0.495 e. The molecule has 8 heteroatoms. The van der Waals surface area contributed by atoms with Gasteiger partial charge >= 0.3 is 0 Å². The van der Waals surface area contributed by atoms with Crippen molar-refractivity contribution in [3.63, 3.8) is 0 Å². The van der Waals surface area contributed by atoms with Gasteiger partial charge in [-0.25, -0.2) is 8.42 Å². The van der Waals surface area contributed by atoms with Gasteiger partial charge in [-0.3, -0.25) is 9.10 Å². The average Bonchev–Trinajstić information content (AvgIpc) is 2.73. The van der Waals surface area contributed by atoms with E-state index in [-0.39, 0.29) is 23.4 Å². The highest BCUT2D eigenvalue weighted by molar-refractivity contribution is 7.92. The number of nitrogens with one attached hydrogen (secondary N) is 1. The van der Waals surface area contributed by atoms with E-state index < -0.39 is 10.0 Å². The maximum atomic E-state index is 13.4. The zero-order valence-corrected chi connectivity index (χ0v) is 17.9. The number of carbonyl (C=O) groups excluding carboxylic acids is 1. The first-order valence-electron chi connectivity index (χ1n) is 9.62. The van der Waals surface area contributed by atoms with E-state index in [1.54, 1.807) is 24.3 Å². The highest BCUT2D eigenvalue weighted by Crippen LogP contribution is 2.32. The number of sulfonamides is 1. The summed E-state index contributed by atoms with van der Waals surface area (Å²) in [5, 5.41) is 3.42. The van der Waals surface area contributed by atoms with Gasteiger partial charge in [0.25, 0.3) is 10.0 Å². The number of nitrogens with zero attached hydrogens (tertiary/aromatic N) is 1. The number of hydrogen-bond acceptors (Lipinski definition) is 4. The van der Waals surface area contributed by atoms with Crippen LogP contribution >= 0.6 is 11.6 Å². The van der Waals surface area contributed by atoms with Crippen LogP contribution in [0.1, 0.15) is 32.1 Å². The molecule has 0 heterocycles. The summed E-state index contributed by atoms with van der Waals surface area (Å²) in [5.41, 5.74) is 0.309. The van der Waals surface area contributed by atoms with Gasteiger partial charge in [0.05, 0.1) is 17.7 Å². The van der Waals surface area contributed by atoms with E-state index in [1.165, 1.54) is 37.8 Å². The molecule has 0 aromatic heterocycles. The summed E-state index contributed by atoms with van der Waals surface area (Å²) in [5.74, 6) is 0.0378. The summed E-state index contributed by atoms with van der Waals surface area (Å²) >= 11 is 5.91. The Morgan fingerprint density at radius 1 is 1.10 bits per heavy atom. The number of hydrogen-bond donors (Lipinski definition) is 1. The Bertz CT molecular complexity index is 941. The molecule has 1 aliphatic carbocycles. The minimum atomic E-state index is -4.01. The van der Waals surface area contributed by atoms with Crippen LogP contribution in [0.5, 0.6) is 5.75 Å². The lowest BCUT2D eigenvalue weighted by atomic mass is 9.95. The number of halogens is 1. The molecule has 1 saturated carbocycles. The van der Waals surface area contributed by atoms with Gasteiger partial charge in [0.1, 0.15) is 12.3 Å². The standard InChI is InChI=1S/C21H25ClN2O4S/c1-28-20-10-6-5-9-19(20)24(15-21(25)23-17-7-3-2-4-8-17)29(26,27)18-13-11-16(22)12-14-18/h5-6,9-14,17H,2-4,7-8,15H2,1H3,(H,23,25). The molecule has 1 aliphatic rings. The molecule has 2 aromatic rings. The minimum absolute atomic E-state index is 0.0540. The number of anilines is 1. The average molecular weight is 437 g/mol. The van der Waals surface area contributed by atoms with Crippen molar-refractivity contribution in [3.05, 3.63) is 53.6 Å². The van der Waals surface area contributed by atoms with E-state index in [4.69, 9.17) is 16.3 Å². The Hall–Kier alpha value is -2.25. The van der Waals surface area contributed by atoms with E-state index in [0.717, 1.165) is 30.0 Å². The lowest BCUT2D eigenvalue weighted by Crippen LogP contribution is -2.45. The van der Waals surface area contributed by atoms with Gasteiger partial charge in [-0.1, -0.05) is 43.0 Å². The molecular weight excluding hydrogens is 412 g/mol. The first-order valence-corrected chi connectivity index (χ1v) is 11.4. The Morgan fingerprint density at radius 3 is 2.41 bits per heavy atom. The third-order valence-electron chi connectivity index (χ3n) is 5.01. The molecule has 156 valence electrons. The Labute approximate surface area is 176 Å². The smallest absolute Gasteiger partial charge is 0.264 e. The number of ether oxygens (including phenoxy) is 1. The zero-order valence-electron chi connectivity index (χ0n) is 16.3. The van der Waals surface area contributed by atoms with Gasteiger partial charge < -0.3 is 10.1 Å². The van der Waals surface area contributed by atoms with Gasteiger partial charge in [0.15, 0.2) is 0 Å². The quantitative estimate of drug-likeness (QED) is 0.711. The Morgan fingerprint density at radius 2 is 1.76 bits per heavy atom. The van der Waals surface area contributed by atoms with Crippen LogP contribution < -0.4 is 14.4 Å². The number of methoxy groups -OCH3 is 1. The summed E-state index contributed by atoms with van der Waals surface area (Å²) in [4.78, 5) is 12.8. The van der Waals surface area contributed by atoms with Gasteiger partial charge in [-0.05, 0) is 49.2 Å². The van der Waals surface area contributed by atoms with Crippen molar-refractivity contribution in [1.82, 2.24) is 5.32 Å². The van der Waals surface area contributed by atoms with E-state index in [2.05, 4.69) is 5.32 Å². The van der Waals surface area contributed by atoms with Crippen LogP contribution in [0.2, 0.25) is 5.02 Å². The molecule has 0 unspecified atom stereocenters. The molecule has 6 nitrogen and oxygen atoms in total. The number of amides is 1. The second-order valence-electron chi connectivity index (χ2n) is 7.04. The summed E-state index contributed by atoms with van der Waals surface area (Å²) in [6.07, 6.45) is 5.16. The van der Waals surface area contributed by atoms with E-state index >= 15 is 0 Å². The van der Waals surface area contributed by atoms with Gasteiger partial charge in [0.2, 0.25) is 5.91 Å². The third kappa shape index (κ3) is 5.22. The molecule has 3 rings (SSSR count). The van der Waals surface area contributed by atoms with E-state index in [1.807, 2.05) is 0 Å². The lowest BCUT2D eigenvalue weighted by molar-refractivity contribution is -0.120. The van der Waals surface area contributed by atoms with Crippen molar-refractivity contribution < 1.29 is 17.9 Å². The topological polar surface area (TPSA) is 75.7 Å². The van der Waals surface area contributed by atoms with Crippen molar-refractivity contribution in [2.24, 2.45) is 0 Å². The van der Waals surface area contributed by atoms with Gasteiger partial charge in [-0.15, -0.1) is 0 Å². The highest BCUT2D eigenvalue weighted by atomic mass is 35.5. The van der Waals surface area contributed by atoms with Crippen molar-refractivity contribution in [1.29, 1.82) is 0 Å². The lowest BCUT2D eigenvalue weighted by Gasteiger charge is -2.28. The molecule has 0 spiro atoms. The normalized spacial score (nSPS) is 15.0. The molecule has 0 radical (unpaired) electrons. The fraction of sp³-hybridized carbons (Fsp3) is 0.381. The first-order chi connectivity index (χ1) is 13.9. The van der Waals surface area contributed by atoms with E-state index in [9.17, 15) is 13.2 Å². The van der Waals surface area contributed by atoms with Crippen LogP contribution in [0.25, 0.3) is 0 Å². The van der Waals surface area contributed by atoms with Crippen LogP contribution in [0, 0.1) is 0 Å². The van der Waals surface area contributed by atoms with E-state index in [0.29, 0.717) is 16.5 Å². The molecule has 1 amide bonds. The first kappa shape index (κ1) is 21.5. The SMILES string of the molecule is COc1ccccc1N(CC(=O)NC1CCCCC1)S(=O)(=O)c1ccc(Cl)cc1. The molecule has 0 saturated heterocycles. The Kier molecular flexibility index (Phi) is 7.03. The van der Waals surface area contributed by atoms with Crippen molar-refractivity contribution in [2.45, 2.75) is 43.0 Å². The molecule has 1 N–H and O–H groups in total. The summed E-state index contributed by atoms with van der Waals surface area (Å²) in [6, 6.07) is 12.7. The second-order valence-corrected chi connectivity index (χ2v) is 9.34. The fourth-order valence-electron chi connectivity index (χ4n) is 3.52. The zero-order chi connectivity index (χ0) is 20.9. The second kappa shape index (κ2) is 9.50. The molecule has 0 atom stereocenters. The number of rotatable bonds is 7. The van der Waals surface area contributed by atoms with Gasteiger partial charge in [-0.2, -0.15) is 0 Å². The predicted octanol–water partition coefficient (Wildman–Crippen LogP) is 3.99. The van der Waals surface area contributed by atoms with Crippen LogP contribution in [0.4, 0.5) is 5.69 Å². The molecular formula is C21H25ClN2O4S. The van der Waals surface area contributed by atoms with Crippen molar-refractivity contribution >= 4 is 33.2 Å². The van der Waals surface area contributed by atoms with Crippen LogP contribution in [0.15, 0.2) is 53.4 Å². The van der Waals surface area contributed by atoms with Crippen molar-refractivity contribution in [3.8, 4) is 5.75 Å². The maximum absolute atomic E-state index is 13.4. The van der Waals surface area contributed by atoms with Crippen LogP contribution in [-0.4, -0.2) is 34.0 Å². The summed E-state index contributed by atoms with van der Waals surface area (Å²) in [6.45, 7) is -0.332. The van der Waals surface area contributed by atoms with Crippen molar-refractivity contribution in [2.75, 3.05) is 18.0 Å². The Balaban J connectivity index is 1.93. The van der Waals surface area contributed by atoms with Crippen LogP contribution in [-0.2, 0) is 14.8 Å². The summed E-state index contributed by atoms with van der Waals surface area (Å²) in [7, 11) is -2.54. The summed E-state index contributed by atoms with van der Waals surface area (Å²) < 4.78 is 33.2. The minimum Gasteiger partial charge on any atom is -0.495 e. The number of para-hydroxylation sites is 2. The predicted molar refractivity (Wildman–Crippen MR) is 114 cm³/mol. The maximum Gasteiger partial charge on any atom is 0.264 e. The number of carbonyl (C=O) groups is 1. The molecule has 0 bridgehead atoms. The number of benzene rings is 2. The third-order valence-corrected chi connectivity index (χ3v) is 7.04. The highest BCUT2D eigenvalue weighted by Gasteiger charge is 2.30. The monoisotopic (exact) mass is 436 g/mol. The molecule has 29 heavy (non-hydrogen) atoms. The fourth-order valence-corrected chi connectivity index (χ4v) is 5.08. The molecule has 2 aromatic carbocycles. The van der Waals surface area contributed by atoms with Crippen LogP contribution in [0.3, 0.4) is 0 Å². The van der Waals surface area contributed by atoms with Gasteiger partial charge in [0, 0.05) is 11.1 Å². The molecule has 1 fully saturated rings.